The highest BCUT2D eigenvalue weighted by Crippen LogP contribution is 2.35. The molecular formula is C26H24Cl2FN3O3S. The summed E-state index contributed by atoms with van der Waals surface area (Å²) in [5, 5.41) is 17.1. The number of hydrogen-bond acceptors (Lipinski definition) is 4. The zero-order valence-corrected chi connectivity index (χ0v) is 20.8. The minimum atomic E-state index is -0.977. The third kappa shape index (κ3) is 6.32. The monoisotopic (exact) mass is 547 g/mol. The second-order valence-corrected chi connectivity index (χ2v) is 9.79. The van der Waals surface area contributed by atoms with Gasteiger partial charge in [-0.05, 0) is 67.6 Å². The van der Waals surface area contributed by atoms with Crippen LogP contribution in [-0.4, -0.2) is 33.3 Å². The van der Waals surface area contributed by atoms with Crippen molar-refractivity contribution in [3.8, 4) is 22.5 Å². The van der Waals surface area contributed by atoms with E-state index < -0.39 is 5.97 Å². The largest absolute Gasteiger partial charge is 0.481 e. The van der Waals surface area contributed by atoms with Gasteiger partial charge in [0, 0.05) is 32.6 Å². The van der Waals surface area contributed by atoms with E-state index in [0.717, 1.165) is 21.7 Å². The van der Waals surface area contributed by atoms with Crippen LogP contribution in [0.5, 0.6) is 0 Å². The third-order valence-electron chi connectivity index (χ3n) is 5.29. The number of aliphatic carboxylic acids is 1. The van der Waals surface area contributed by atoms with Gasteiger partial charge in [-0.15, -0.1) is 11.3 Å². The second kappa shape index (κ2) is 11.7. The van der Waals surface area contributed by atoms with Crippen LogP contribution in [0.15, 0.2) is 60.7 Å². The van der Waals surface area contributed by atoms with E-state index in [4.69, 9.17) is 33.4 Å². The number of nitrogens with zero attached hydrogens (tertiary/aromatic N) is 2. The smallest absolute Gasteiger partial charge is 0.305 e. The van der Waals surface area contributed by atoms with E-state index in [9.17, 15) is 14.0 Å². The summed E-state index contributed by atoms with van der Waals surface area (Å²) >= 11 is 13.7. The van der Waals surface area contributed by atoms with Gasteiger partial charge >= 0.3 is 5.97 Å². The number of amides is 1. The lowest BCUT2D eigenvalue weighted by atomic mass is 10.1. The maximum absolute atomic E-state index is 13.6. The molecule has 10 heteroatoms. The summed E-state index contributed by atoms with van der Waals surface area (Å²) in [5.41, 5.74) is 2.91. The van der Waals surface area contributed by atoms with Crippen LogP contribution in [0.1, 0.15) is 41.4 Å². The Kier molecular flexibility index (Phi) is 8.89. The maximum atomic E-state index is 13.6. The summed E-state index contributed by atoms with van der Waals surface area (Å²) in [6.45, 7) is 2.00. The Hall–Kier alpha value is -3.20. The van der Waals surface area contributed by atoms with Gasteiger partial charge in [-0.1, -0.05) is 30.6 Å². The molecule has 0 aliphatic heterocycles. The molecule has 0 radical (unpaired) electrons. The average molecular weight is 548 g/mol. The van der Waals surface area contributed by atoms with Crippen molar-refractivity contribution in [1.82, 2.24) is 15.1 Å². The van der Waals surface area contributed by atoms with Gasteiger partial charge in [0.25, 0.3) is 5.91 Å². The van der Waals surface area contributed by atoms with Crippen molar-refractivity contribution in [1.29, 1.82) is 0 Å². The standard InChI is InChI=1S/C25H20Cl2FN3O3S.CH4/c1-14(22-6-7-23(35-22)25(34)29-9-8-24(32)33)31-21(15-2-4-19(28)5-3-15)13-20(30-31)16-10-17(26)12-18(27)11-16;/h2-7,10-14H,8-9H2,1H3,(H,29,34)(H,32,33);1H4. The number of hydrogen-bond donors (Lipinski definition) is 2. The Morgan fingerprint density at radius 1 is 1.06 bits per heavy atom. The van der Waals surface area contributed by atoms with E-state index in [1.54, 1.807) is 36.4 Å². The first-order chi connectivity index (χ1) is 16.7. The van der Waals surface area contributed by atoms with Crippen molar-refractivity contribution in [2.24, 2.45) is 0 Å². The minimum Gasteiger partial charge on any atom is -0.481 e. The maximum Gasteiger partial charge on any atom is 0.305 e. The van der Waals surface area contributed by atoms with E-state index in [1.807, 2.05) is 23.7 Å². The summed E-state index contributed by atoms with van der Waals surface area (Å²) in [6.07, 6.45) is -0.148. The Morgan fingerprint density at radius 2 is 1.72 bits per heavy atom. The molecule has 36 heavy (non-hydrogen) atoms. The van der Waals surface area contributed by atoms with Gasteiger partial charge < -0.3 is 10.4 Å². The molecule has 0 spiro atoms. The number of rotatable bonds is 8. The number of carbonyl (C=O) groups is 2. The molecule has 6 nitrogen and oxygen atoms in total. The Labute approximate surface area is 222 Å². The number of carbonyl (C=O) groups excluding carboxylic acids is 1. The molecule has 2 aromatic heterocycles. The number of halogens is 3. The molecule has 1 unspecified atom stereocenters. The SMILES string of the molecule is C.CC(c1ccc(C(=O)NCCC(=O)O)s1)n1nc(-c2cc(Cl)cc(Cl)c2)cc1-c1ccc(F)cc1. The van der Waals surface area contributed by atoms with Gasteiger partial charge in [0.15, 0.2) is 0 Å². The summed E-state index contributed by atoms with van der Waals surface area (Å²) < 4.78 is 15.4. The molecule has 0 saturated heterocycles. The first kappa shape index (κ1) is 27.4. The molecule has 1 atom stereocenters. The Bertz CT molecular complexity index is 1370. The van der Waals surface area contributed by atoms with Gasteiger partial charge in [0.05, 0.1) is 28.7 Å². The van der Waals surface area contributed by atoms with Crippen LogP contribution in [0.3, 0.4) is 0 Å². The highest BCUT2D eigenvalue weighted by atomic mass is 35.5. The molecule has 0 fully saturated rings. The first-order valence-corrected chi connectivity index (χ1v) is 12.2. The van der Waals surface area contributed by atoms with Gasteiger partial charge in [0.1, 0.15) is 5.82 Å². The lowest BCUT2D eigenvalue weighted by molar-refractivity contribution is -0.136. The van der Waals surface area contributed by atoms with Gasteiger partial charge in [-0.25, -0.2) is 4.39 Å². The van der Waals surface area contributed by atoms with Crippen LogP contribution in [0, 0.1) is 5.82 Å². The van der Waals surface area contributed by atoms with Crippen LogP contribution in [-0.2, 0) is 4.79 Å². The molecule has 0 bridgehead atoms. The first-order valence-electron chi connectivity index (χ1n) is 10.6. The number of carboxylic acid groups (broad SMARTS) is 1. The average Bonchev–Trinajstić information content (AvgIpc) is 3.46. The predicted molar refractivity (Wildman–Crippen MR) is 143 cm³/mol. The van der Waals surface area contributed by atoms with E-state index in [-0.39, 0.29) is 38.2 Å². The van der Waals surface area contributed by atoms with Gasteiger partial charge in [-0.2, -0.15) is 5.10 Å². The van der Waals surface area contributed by atoms with Crippen molar-refractivity contribution in [3.63, 3.8) is 0 Å². The molecule has 0 aliphatic rings. The van der Waals surface area contributed by atoms with Crippen molar-refractivity contribution < 1.29 is 19.1 Å². The topological polar surface area (TPSA) is 84.2 Å². The molecular weight excluding hydrogens is 524 g/mol. The molecule has 2 heterocycles. The molecule has 4 rings (SSSR count). The molecule has 0 aliphatic carbocycles. The number of carboxylic acids is 1. The van der Waals surface area contributed by atoms with Crippen molar-refractivity contribution >= 4 is 46.4 Å². The second-order valence-electron chi connectivity index (χ2n) is 7.80. The zero-order valence-electron chi connectivity index (χ0n) is 18.5. The minimum absolute atomic E-state index is 0. The number of aromatic nitrogens is 2. The normalized spacial score (nSPS) is 11.6. The fourth-order valence-electron chi connectivity index (χ4n) is 3.56. The summed E-state index contributed by atoms with van der Waals surface area (Å²) in [5.74, 6) is -1.65. The fourth-order valence-corrected chi connectivity index (χ4v) is 5.05. The number of benzene rings is 2. The van der Waals surface area contributed by atoms with Crippen LogP contribution in [0.25, 0.3) is 22.5 Å². The van der Waals surface area contributed by atoms with E-state index in [0.29, 0.717) is 20.6 Å². The van der Waals surface area contributed by atoms with Crippen LogP contribution in [0.4, 0.5) is 4.39 Å². The summed E-state index contributed by atoms with van der Waals surface area (Å²) in [4.78, 5) is 24.4. The lowest BCUT2D eigenvalue weighted by Gasteiger charge is -2.14. The van der Waals surface area contributed by atoms with Gasteiger partial charge in [0.2, 0.25) is 0 Å². The highest BCUT2D eigenvalue weighted by molar-refractivity contribution is 7.14. The third-order valence-corrected chi connectivity index (χ3v) is 6.98. The number of thiophene rings is 1. The van der Waals surface area contributed by atoms with Crippen LogP contribution >= 0.6 is 34.5 Å². The Balaban J connectivity index is 0.00000361. The van der Waals surface area contributed by atoms with Crippen LogP contribution < -0.4 is 5.32 Å². The van der Waals surface area contributed by atoms with Crippen molar-refractivity contribution in [3.05, 3.63) is 86.3 Å². The zero-order chi connectivity index (χ0) is 25.1. The van der Waals surface area contributed by atoms with E-state index >= 15 is 0 Å². The fraction of sp³-hybridized carbons (Fsp3) is 0.192. The quantitative estimate of drug-likeness (QED) is 0.245. The summed E-state index contributed by atoms with van der Waals surface area (Å²) in [7, 11) is 0. The van der Waals surface area contributed by atoms with Gasteiger partial charge in [-0.3, -0.25) is 14.3 Å². The molecule has 1 amide bonds. The number of nitrogens with one attached hydrogen (secondary N) is 1. The van der Waals surface area contributed by atoms with E-state index in [1.165, 1.54) is 23.5 Å². The van der Waals surface area contributed by atoms with E-state index in [2.05, 4.69) is 5.32 Å². The molecule has 2 aromatic carbocycles. The highest BCUT2D eigenvalue weighted by Gasteiger charge is 2.20. The molecule has 188 valence electrons. The molecule has 2 N–H and O–H groups in total. The Morgan fingerprint density at radius 3 is 2.36 bits per heavy atom. The van der Waals surface area contributed by atoms with Crippen molar-refractivity contribution in [2.45, 2.75) is 26.8 Å². The lowest BCUT2D eigenvalue weighted by Crippen LogP contribution is -2.25. The summed E-state index contributed by atoms with van der Waals surface area (Å²) in [6, 6.07) is 16.5. The van der Waals surface area contributed by atoms with Crippen LogP contribution in [0.2, 0.25) is 10.0 Å². The van der Waals surface area contributed by atoms with Crippen molar-refractivity contribution in [2.75, 3.05) is 6.54 Å². The predicted octanol–water partition coefficient (Wildman–Crippen LogP) is 7.17. The molecule has 4 aromatic rings. The molecule has 0 saturated carbocycles.